The second kappa shape index (κ2) is 11.2. The van der Waals surface area contributed by atoms with Crippen molar-refractivity contribution in [1.82, 2.24) is 4.90 Å². The summed E-state index contributed by atoms with van der Waals surface area (Å²) in [6, 6.07) is 0. The maximum absolute atomic E-state index is 13.2. The number of aliphatic hydroxyl groups is 1. The number of halogens is 3. The number of alkyl halides is 3. The van der Waals surface area contributed by atoms with Crippen molar-refractivity contribution in [3.8, 4) is 0 Å². The van der Waals surface area contributed by atoms with Gasteiger partial charge < -0.3 is 10.5 Å². The van der Waals surface area contributed by atoms with Crippen LogP contribution in [0.15, 0.2) is 35.5 Å². The topological polar surface area (TPSA) is 64.4 Å². The average molecular weight is 443 g/mol. The molecule has 0 amide bonds. The van der Waals surface area contributed by atoms with E-state index in [1.54, 1.807) is 14.0 Å². The van der Waals surface area contributed by atoms with Gasteiger partial charge in [0.1, 0.15) is 6.29 Å². The third kappa shape index (κ3) is 7.72. The van der Waals surface area contributed by atoms with E-state index in [0.29, 0.717) is 18.4 Å². The van der Waals surface area contributed by atoms with Crippen LogP contribution in [0.5, 0.6) is 0 Å². The van der Waals surface area contributed by atoms with Gasteiger partial charge in [-0.05, 0) is 57.7 Å². The standard InChI is InChI=1S/C24H37F3N2O2/c1-6-11-22(4,17-24(25,26)27)21(28)20(18(3)16-30)15-29(5)14-8-10-19(7-2)23(31)12-9-13-23/h6,8,10-11,16,19,28,31H,7,9,12-15,17H2,1-5H3/b10-8-,11-6-,20-18+,28-21?. The number of nitrogens with zero attached hydrogens (tertiary/aromatic N) is 1. The van der Waals surface area contributed by atoms with E-state index in [1.165, 1.54) is 26.0 Å². The van der Waals surface area contributed by atoms with Gasteiger partial charge in [-0.3, -0.25) is 9.69 Å². The summed E-state index contributed by atoms with van der Waals surface area (Å²) in [5.74, 6) is 0.0736. The predicted octanol–water partition coefficient (Wildman–Crippen LogP) is 5.49. The molecule has 0 aliphatic heterocycles. The van der Waals surface area contributed by atoms with Gasteiger partial charge in [0.05, 0.1) is 12.0 Å². The number of nitrogens with one attached hydrogen (secondary N) is 1. The summed E-state index contributed by atoms with van der Waals surface area (Å²) in [4.78, 5) is 13.3. The minimum absolute atomic E-state index is 0.0736. The molecule has 0 aromatic carbocycles. The fourth-order valence-electron chi connectivity index (χ4n) is 4.18. The molecule has 1 aliphatic rings. The molecule has 0 radical (unpaired) electrons. The largest absolute Gasteiger partial charge is 0.390 e. The lowest BCUT2D eigenvalue weighted by molar-refractivity contribution is -0.144. The van der Waals surface area contributed by atoms with E-state index >= 15 is 0 Å². The Balaban J connectivity index is 2.98. The zero-order chi connectivity index (χ0) is 23.9. The van der Waals surface area contributed by atoms with Gasteiger partial charge in [0, 0.05) is 30.1 Å². The quantitative estimate of drug-likeness (QED) is 0.182. The highest BCUT2D eigenvalue weighted by Crippen LogP contribution is 2.40. The molecule has 7 heteroatoms. The van der Waals surface area contributed by atoms with Crippen LogP contribution in [0.3, 0.4) is 0 Å². The third-order valence-electron chi connectivity index (χ3n) is 6.19. The molecule has 31 heavy (non-hydrogen) atoms. The van der Waals surface area contributed by atoms with Crippen LogP contribution in [0.1, 0.15) is 59.8 Å². The second-order valence-electron chi connectivity index (χ2n) is 8.96. The first kappa shape index (κ1) is 27.3. The second-order valence-corrected chi connectivity index (χ2v) is 8.96. The fourth-order valence-corrected chi connectivity index (χ4v) is 4.18. The smallest absolute Gasteiger partial charge is 0.389 e. The minimum atomic E-state index is -4.44. The third-order valence-corrected chi connectivity index (χ3v) is 6.19. The number of likely N-dealkylation sites (N-methyl/N-ethyl adjacent to an activating group) is 1. The van der Waals surface area contributed by atoms with Crippen molar-refractivity contribution in [1.29, 1.82) is 5.41 Å². The maximum Gasteiger partial charge on any atom is 0.390 e. The normalized spacial score (nSPS) is 20.5. The lowest BCUT2D eigenvalue weighted by Crippen LogP contribution is -2.43. The lowest BCUT2D eigenvalue weighted by atomic mass is 9.70. The molecular formula is C24H37F3N2O2. The summed E-state index contributed by atoms with van der Waals surface area (Å²) in [5.41, 5.74) is -1.81. The van der Waals surface area contributed by atoms with Gasteiger partial charge in [0.15, 0.2) is 0 Å². The number of rotatable bonds is 12. The highest BCUT2D eigenvalue weighted by molar-refractivity contribution is 6.06. The molecule has 1 fully saturated rings. The molecule has 0 spiro atoms. The van der Waals surface area contributed by atoms with E-state index in [9.17, 15) is 23.1 Å². The van der Waals surface area contributed by atoms with Crippen LogP contribution in [0.25, 0.3) is 0 Å². The Kier molecular flexibility index (Phi) is 9.89. The number of aldehydes is 1. The Morgan fingerprint density at radius 1 is 1.32 bits per heavy atom. The van der Waals surface area contributed by atoms with Crippen molar-refractivity contribution < 1.29 is 23.1 Å². The highest BCUT2D eigenvalue weighted by atomic mass is 19.4. The Bertz CT molecular complexity index is 721. The summed E-state index contributed by atoms with van der Waals surface area (Å²) < 4.78 is 39.6. The van der Waals surface area contributed by atoms with E-state index in [4.69, 9.17) is 5.41 Å². The number of carbonyl (C=O) groups is 1. The van der Waals surface area contributed by atoms with Crippen LogP contribution in [0.2, 0.25) is 0 Å². The van der Waals surface area contributed by atoms with Crippen molar-refractivity contribution >= 4 is 12.0 Å². The van der Waals surface area contributed by atoms with Gasteiger partial charge in [-0.2, -0.15) is 13.2 Å². The molecule has 176 valence electrons. The van der Waals surface area contributed by atoms with Crippen LogP contribution in [-0.2, 0) is 4.79 Å². The lowest BCUT2D eigenvalue weighted by Gasteiger charge is -2.42. The van der Waals surface area contributed by atoms with Crippen LogP contribution >= 0.6 is 0 Å². The molecule has 2 unspecified atom stereocenters. The maximum atomic E-state index is 13.2. The van der Waals surface area contributed by atoms with Crippen molar-refractivity contribution in [3.05, 3.63) is 35.5 Å². The molecule has 1 saturated carbocycles. The first-order valence-electron chi connectivity index (χ1n) is 10.8. The van der Waals surface area contributed by atoms with E-state index in [-0.39, 0.29) is 23.7 Å². The highest BCUT2D eigenvalue weighted by Gasteiger charge is 2.42. The molecule has 1 rings (SSSR count). The van der Waals surface area contributed by atoms with E-state index < -0.39 is 23.6 Å². The van der Waals surface area contributed by atoms with Crippen LogP contribution in [0, 0.1) is 16.7 Å². The molecule has 0 heterocycles. The van der Waals surface area contributed by atoms with Gasteiger partial charge in [0.2, 0.25) is 0 Å². The molecule has 0 aromatic heterocycles. The number of hydrogen-bond acceptors (Lipinski definition) is 4. The zero-order valence-corrected chi connectivity index (χ0v) is 19.4. The molecule has 0 bridgehead atoms. The van der Waals surface area contributed by atoms with Crippen LogP contribution < -0.4 is 0 Å². The molecule has 1 aliphatic carbocycles. The van der Waals surface area contributed by atoms with E-state index in [2.05, 4.69) is 0 Å². The molecule has 0 saturated heterocycles. The van der Waals surface area contributed by atoms with Crippen molar-refractivity contribution in [2.45, 2.75) is 71.6 Å². The van der Waals surface area contributed by atoms with Crippen LogP contribution in [-0.4, -0.2) is 53.9 Å². The number of carbonyl (C=O) groups excluding carboxylic acids is 1. The SMILES string of the molecule is C/C=C\C(C)(CC(F)(F)F)C(=N)/C(CN(C)C/C=C\C(CC)C1(O)CCC1)=C(\C)C=O. The summed E-state index contributed by atoms with van der Waals surface area (Å²) >= 11 is 0. The predicted molar refractivity (Wildman–Crippen MR) is 119 cm³/mol. The van der Waals surface area contributed by atoms with Crippen molar-refractivity contribution in [2.24, 2.45) is 11.3 Å². The minimum Gasteiger partial charge on any atom is -0.389 e. The Morgan fingerprint density at radius 3 is 2.35 bits per heavy atom. The van der Waals surface area contributed by atoms with Gasteiger partial charge in [0.25, 0.3) is 0 Å². The van der Waals surface area contributed by atoms with E-state index in [0.717, 1.165) is 25.7 Å². The summed E-state index contributed by atoms with van der Waals surface area (Å²) in [7, 11) is 1.80. The first-order valence-corrected chi connectivity index (χ1v) is 10.8. The first-order chi connectivity index (χ1) is 14.3. The Labute approximate surface area is 184 Å². The summed E-state index contributed by atoms with van der Waals surface area (Å²) in [6.07, 6.45) is 5.30. The molecule has 2 N–H and O–H groups in total. The average Bonchev–Trinajstić information content (AvgIpc) is 2.65. The van der Waals surface area contributed by atoms with Gasteiger partial charge in [-0.15, -0.1) is 0 Å². The zero-order valence-electron chi connectivity index (χ0n) is 19.4. The number of allylic oxidation sites excluding steroid dienone is 3. The van der Waals surface area contributed by atoms with Gasteiger partial charge in [-0.25, -0.2) is 0 Å². The van der Waals surface area contributed by atoms with Crippen molar-refractivity contribution in [3.63, 3.8) is 0 Å². The fraction of sp³-hybridized carbons (Fsp3) is 0.667. The summed E-state index contributed by atoms with van der Waals surface area (Å²) in [6.45, 7) is 7.24. The molecule has 0 aromatic rings. The molecule has 4 nitrogen and oxygen atoms in total. The monoisotopic (exact) mass is 442 g/mol. The molecule has 2 atom stereocenters. The molecular weight excluding hydrogens is 405 g/mol. The Hall–Kier alpha value is -1.73. The van der Waals surface area contributed by atoms with Gasteiger partial charge in [-0.1, -0.05) is 38.2 Å². The van der Waals surface area contributed by atoms with Gasteiger partial charge >= 0.3 is 6.18 Å². The summed E-state index contributed by atoms with van der Waals surface area (Å²) in [5, 5.41) is 19.1. The number of hydrogen-bond donors (Lipinski definition) is 2. The van der Waals surface area contributed by atoms with Crippen LogP contribution in [0.4, 0.5) is 13.2 Å². The Morgan fingerprint density at radius 2 is 1.94 bits per heavy atom. The van der Waals surface area contributed by atoms with Crippen molar-refractivity contribution in [2.75, 3.05) is 20.1 Å². The van der Waals surface area contributed by atoms with E-state index in [1.807, 2.05) is 24.0 Å².